The lowest BCUT2D eigenvalue weighted by atomic mass is 10.1. The van der Waals surface area contributed by atoms with E-state index in [-0.39, 0.29) is 11.5 Å². The van der Waals surface area contributed by atoms with E-state index in [4.69, 9.17) is 4.74 Å². The van der Waals surface area contributed by atoms with Crippen LogP contribution < -0.4 is 15.3 Å². The van der Waals surface area contributed by atoms with Gasteiger partial charge in [0.25, 0.3) is 0 Å². The van der Waals surface area contributed by atoms with Crippen molar-refractivity contribution < 1.29 is 25.3 Å². The molecule has 3 aliphatic heterocycles. The lowest BCUT2D eigenvalue weighted by Crippen LogP contribution is -2.37. The normalized spacial score (nSPS) is 30.2. The van der Waals surface area contributed by atoms with Gasteiger partial charge < -0.3 is 25.4 Å². The molecule has 5 N–H and O–H groups in total. The van der Waals surface area contributed by atoms with Gasteiger partial charge >= 0.3 is 0 Å². The molecule has 0 amide bonds. The molecule has 10 nitrogen and oxygen atoms in total. The summed E-state index contributed by atoms with van der Waals surface area (Å²) in [6, 6.07) is 0. The highest BCUT2D eigenvalue weighted by Crippen LogP contribution is 2.40. The maximum absolute atomic E-state index is 10.3. The number of hydrogen-bond donors (Lipinski definition) is 5. The summed E-state index contributed by atoms with van der Waals surface area (Å²) in [5.74, 6) is 0.644. The van der Waals surface area contributed by atoms with Gasteiger partial charge in [0.05, 0.1) is 18.5 Å². The fraction of sp³-hybridized carbons (Fsp3) is 0.333. The Morgan fingerprint density at radius 3 is 2.80 bits per heavy atom. The highest BCUT2D eigenvalue weighted by Gasteiger charge is 2.43. The van der Waals surface area contributed by atoms with Crippen molar-refractivity contribution >= 4 is 17.3 Å². The minimum Gasteiger partial charge on any atom is -0.394 e. The van der Waals surface area contributed by atoms with Gasteiger partial charge in [0.1, 0.15) is 24.6 Å². The monoisotopic (exact) mass is 347 g/mol. The van der Waals surface area contributed by atoms with E-state index in [9.17, 15) is 20.5 Å². The molecule has 25 heavy (non-hydrogen) atoms. The quantitative estimate of drug-likeness (QED) is 0.476. The number of nitrogens with zero attached hydrogens (tertiary/aromatic N) is 4. The Morgan fingerprint density at radius 2 is 2.04 bits per heavy atom. The number of anilines is 3. The molecule has 1 aromatic heterocycles. The molecule has 132 valence electrons. The van der Waals surface area contributed by atoms with Gasteiger partial charge in [0.15, 0.2) is 23.6 Å². The average molecular weight is 347 g/mol. The van der Waals surface area contributed by atoms with Crippen LogP contribution in [0.3, 0.4) is 0 Å². The molecule has 0 radical (unpaired) electrons. The third kappa shape index (κ3) is 2.56. The molecular formula is C15H17N5O5. The first-order valence-electron chi connectivity index (χ1n) is 7.68. The number of aliphatic hydroxyl groups excluding tert-OH is 3. The summed E-state index contributed by atoms with van der Waals surface area (Å²) in [5, 5.41) is 43.2. The Hall–Kier alpha value is -2.50. The smallest absolute Gasteiger partial charge is 0.169 e. The molecule has 0 aliphatic carbocycles. The maximum Gasteiger partial charge on any atom is 0.169 e. The Bertz CT molecular complexity index is 767. The molecule has 0 spiro atoms. The van der Waals surface area contributed by atoms with Crippen molar-refractivity contribution in [2.24, 2.45) is 0 Å². The molecule has 1 aromatic rings. The Morgan fingerprint density at radius 1 is 1.20 bits per heavy atom. The zero-order valence-corrected chi connectivity index (χ0v) is 13.0. The van der Waals surface area contributed by atoms with Crippen LogP contribution in [0, 0.1) is 0 Å². The standard InChI is InChI=1S/C15H17N5O5/c21-6-9-11(22)12(23)15(25-9)18-13-10-14(17-7-16-13)19-4-2-1-3-8(19)5-20(10)24/h1-5,7,9,11-12,15,21-24H,6H2,(H,16,17,18)/t9-,11-,12-,15-/m1/s1. The summed E-state index contributed by atoms with van der Waals surface area (Å²) in [4.78, 5) is 10.1. The van der Waals surface area contributed by atoms with Gasteiger partial charge in [-0.25, -0.2) is 15.0 Å². The second kappa shape index (κ2) is 6.10. The van der Waals surface area contributed by atoms with Crippen LogP contribution >= 0.6 is 0 Å². The van der Waals surface area contributed by atoms with Crippen LogP contribution in [-0.2, 0) is 4.74 Å². The van der Waals surface area contributed by atoms with Gasteiger partial charge in [-0.15, -0.1) is 0 Å². The molecule has 0 aromatic carbocycles. The first kappa shape index (κ1) is 16.0. The molecule has 0 saturated carbocycles. The Labute approximate surface area is 142 Å². The van der Waals surface area contributed by atoms with E-state index >= 15 is 0 Å². The number of aromatic nitrogens is 2. The first-order chi connectivity index (χ1) is 12.1. The summed E-state index contributed by atoms with van der Waals surface area (Å²) in [7, 11) is 0. The number of ether oxygens (including phenoxy) is 1. The zero-order chi connectivity index (χ0) is 17.6. The zero-order valence-electron chi connectivity index (χ0n) is 13.0. The van der Waals surface area contributed by atoms with Crippen LogP contribution in [0.5, 0.6) is 0 Å². The fourth-order valence-electron chi connectivity index (χ4n) is 2.96. The van der Waals surface area contributed by atoms with Gasteiger partial charge in [-0.1, -0.05) is 6.08 Å². The van der Waals surface area contributed by atoms with Crippen molar-refractivity contribution in [1.29, 1.82) is 0 Å². The van der Waals surface area contributed by atoms with Crippen molar-refractivity contribution in [1.82, 2.24) is 9.97 Å². The second-order valence-electron chi connectivity index (χ2n) is 5.77. The van der Waals surface area contributed by atoms with Gasteiger partial charge in [-0.3, -0.25) is 10.1 Å². The number of hydrogen-bond acceptors (Lipinski definition) is 10. The predicted octanol–water partition coefficient (Wildman–Crippen LogP) is -0.732. The molecule has 4 atom stereocenters. The first-order valence-corrected chi connectivity index (χ1v) is 7.68. The van der Waals surface area contributed by atoms with E-state index in [0.717, 1.165) is 10.8 Å². The van der Waals surface area contributed by atoms with Crippen LogP contribution in [0.4, 0.5) is 17.3 Å². The third-order valence-corrected chi connectivity index (χ3v) is 4.23. The van der Waals surface area contributed by atoms with Gasteiger partial charge in [0, 0.05) is 6.20 Å². The van der Waals surface area contributed by atoms with Crippen molar-refractivity contribution in [3.8, 4) is 0 Å². The molecule has 1 fully saturated rings. The summed E-state index contributed by atoms with van der Waals surface area (Å²) in [6.45, 7) is -0.429. The van der Waals surface area contributed by atoms with Crippen LogP contribution in [-0.4, -0.2) is 61.6 Å². The third-order valence-electron chi connectivity index (χ3n) is 4.23. The highest BCUT2D eigenvalue weighted by atomic mass is 16.6. The molecule has 0 bridgehead atoms. The number of rotatable bonds is 3. The van der Waals surface area contributed by atoms with Gasteiger partial charge in [-0.2, -0.15) is 0 Å². The van der Waals surface area contributed by atoms with Crippen LogP contribution in [0.1, 0.15) is 0 Å². The Kier molecular flexibility index (Phi) is 3.90. The highest BCUT2D eigenvalue weighted by molar-refractivity contribution is 5.84. The topological polar surface area (TPSA) is 134 Å². The summed E-state index contributed by atoms with van der Waals surface area (Å²) in [5.41, 5.74) is 0.985. The number of allylic oxidation sites excluding steroid dienone is 3. The van der Waals surface area contributed by atoms with Crippen LogP contribution in [0.25, 0.3) is 0 Å². The minimum atomic E-state index is -1.26. The molecule has 4 heterocycles. The molecule has 1 saturated heterocycles. The molecule has 0 unspecified atom stereocenters. The predicted molar refractivity (Wildman–Crippen MR) is 86.5 cm³/mol. The maximum atomic E-state index is 10.3. The van der Waals surface area contributed by atoms with E-state index < -0.39 is 31.1 Å². The van der Waals surface area contributed by atoms with Crippen molar-refractivity contribution in [2.75, 3.05) is 21.9 Å². The van der Waals surface area contributed by atoms with Crippen LogP contribution in [0.15, 0.2) is 42.7 Å². The van der Waals surface area contributed by atoms with Crippen molar-refractivity contribution in [3.63, 3.8) is 0 Å². The van der Waals surface area contributed by atoms with E-state index in [2.05, 4.69) is 15.3 Å². The average Bonchev–Trinajstić information content (AvgIpc) is 2.90. The van der Waals surface area contributed by atoms with E-state index in [1.54, 1.807) is 11.1 Å². The van der Waals surface area contributed by atoms with E-state index in [1.165, 1.54) is 12.5 Å². The lowest BCUT2D eigenvalue weighted by Gasteiger charge is -2.33. The molecule has 3 aliphatic rings. The Balaban J connectivity index is 1.66. The minimum absolute atomic E-state index is 0.209. The molecule has 4 rings (SSSR count). The van der Waals surface area contributed by atoms with E-state index in [0.29, 0.717) is 5.82 Å². The number of aliphatic hydroxyl groups is 3. The summed E-state index contributed by atoms with van der Waals surface area (Å²) in [6.07, 6.45) is 5.68. The number of nitrogens with one attached hydrogen (secondary N) is 1. The molecular weight excluding hydrogens is 330 g/mol. The van der Waals surface area contributed by atoms with Crippen molar-refractivity contribution in [2.45, 2.75) is 24.5 Å². The van der Waals surface area contributed by atoms with Gasteiger partial charge in [-0.05, 0) is 12.2 Å². The molecule has 10 heteroatoms. The number of fused-ring (bicyclic) bond motifs is 3. The van der Waals surface area contributed by atoms with E-state index in [1.807, 2.05) is 18.2 Å². The summed E-state index contributed by atoms with van der Waals surface area (Å²) < 4.78 is 5.40. The second-order valence-corrected chi connectivity index (χ2v) is 5.77. The fourth-order valence-corrected chi connectivity index (χ4v) is 2.96. The largest absolute Gasteiger partial charge is 0.394 e. The lowest BCUT2D eigenvalue weighted by molar-refractivity contribution is -0.0154. The van der Waals surface area contributed by atoms with Gasteiger partial charge in [0.2, 0.25) is 0 Å². The van der Waals surface area contributed by atoms with Crippen LogP contribution in [0.2, 0.25) is 0 Å². The van der Waals surface area contributed by atoms with Crippen molar-refractivity contribution in [3.05, 3.63) is 42.7 Å². The summed E-state index contributed by atoms with van der Waals surface area (Å²) >= 11 is 0. The number of hydroxylamine groups is 1. The SMILES string of the molecule is OC[C@H]1O[C@@H](Nc2ncnc3c2N(O)C=C2C=CC=CN23)[C@H](O)[C@@H]1O.